The lowest BCUT2D eigenvalue weighted by Crippen LogP contribution is -2.16. The maximum Gasteiger partial charge on any atom is 0.336 e. The molecule has 0 aliphatic heterocycles. The SMILES string of the molecule is O=C(C=Cc1ccc(-c2nc(C(Cl)(Cl)Cl)nc(C(Cl)(Cl)Cl)n2)cc1)Oc1ccccc1. The number of hydrogen-bond donors (Lipinski definition) is 0. The normalized spacial score (nSPS) is 12.2. The average Bonchev–Trinajstić information content (AvgIpc) is 2.72. The van der Waals surface area contributed by atoms with Crippen LogP contribution in [0.25, 0.3) is 17.5 Å². The van der Waals surface area contributed by atoms with E-state index < -0.39 is 13.6 Å². The zero-order valence-electron chi connectivity index (χ0n) is 15.3. The van der Waals surface area contributed by atoms with Gasteiger partial charge in [0.1, 0.15) is 5.75 Å². The van der Waals surface area contributed by atoms with Crippen LogP contribution in [0.15, 0.2) is 60.7 Å². The van der Waals surface area contributed by atoms with E-state index in [4.69, 9.17) is 74.3 Å². The van der Waals surface area contributed by atoms with E-state index in [1.807, 2.05) is 6.07 Å². The van der Waals surface area contributed by atoms with E-state index in [9.17, 15) is 4.79 Å². The van der Waals surface area contributed by atoms with Gasteiger partial charge in [-0.25, -0.2) is 19.7 Å². The zero-order chi connectivity index (χ0) is 22.6. The van der Waals surface area contributed by atoms with Crippen molar-refractivity contribution in [2.45, 2.75) is 7.59 Å². The Balaban J connectivity index is 1.81. The van der Waals surface area contributed by atoms with Crippen LogP contribution in [0.5, 0.6) is 5.75 Å². The molecule has 3 rings (SSSR count). The molecular weight excluding hydrogens is 527 g/mol. The first-order valence-electron chi connectivity index (χ1n) is 8.48. The van der Waals surface area contributed by atoms with Crippen molar-refractivity contribution in [3.63, 3.8) is 0 Å². The Kier molecular flexibility index (Phi) is 7.68. The first-order chi connectivity index (χ1) is 14.5. The Labute approximate surface area is 207 Å². The number of alkyl halides is 6. The lowest BCUT2D eigenvalue weighted by molar-refractivity contribution is -0.128. The van der Waals surface area contributed by atoms with E-state index >= 15 is 0 Å². The van der Waals surface area contributed by atoms with Gasteiger partial charge in [-0.05, 0) is 23.8 Å². The quantitative estimate of drug-likeness (QED) is 0.158. The number of nitrogens with zero attached hydrogens (tertiary/aromatic N) is 3. The number of rotatable bonds is 4. The second kappa shape index (κ2) is 9.90. The van der Waals surface area contributed by atoms with E-state index in [1.54, 1.807) is 54.6 Å². The average molecular weight is 538 g/mol. The first kappa shape index (κ1) is 24.1. The van der Waals surface area contributed by atoms with Crippen LogP contribution in [0.1, 0.15) is 17.2 Å². The van der Waals surface area contributed by atoms with Crippen molar-refractivity contribution in [3.8, 4) is 17.1 Å². The summed E-state index contributed by atoms with van der Waals surface area (Å²) in [5, 5.41) is 0. The molecule has 0 unspecified atom stereocenters. The Bertz CT molecular complexity index is 1060. The van der Waals surface area contributed by atoms with Crippen LogP contribution in [0.2, 0.25) is 0 Å². The second-order valence-corrected chi connectivity index (χ2v) is 10.6. The fourth-order valence-electron chi connectivity index (χ4n) is 2.30. The molecule has 31 heavy (non-hydrogen) atoms. The van der Waals surface area contributed by atoms with Gasteiger partial charge in [-0.1, -0.05) is 112 Å². The maximum absolute atomic E-state index is 11.9. The fourth-order valence-corrected chi connectivity index (χ4v) is 2.81. The monoisotopic (exact) mass is 535 g/mol. The third kappa shape index (κ3) is 6.94. The summed E-state index contributed by atoms with van der Waals surface area (Å²) in [5.41, 5.74) is 1.28. The van der Waals surface area contributed by atoms with Gasteiger partial charge in [0.2, 0.25) is 7.59 Å². The highest BCUT2D eigenvalue weighted by atomic mass is 35.6. The molecule has 0 atom stereocenters. The van der Waals surface area contributed by atoms with Crippen LogP contribution in [-0.4, -0.2) is 20.9 Å². The minimum Gasteiger partial charge on any atom is -0.423 e. The highest BCUT2D eigenvalue weighted by molar-refractivity contribution is 6.67. The summed E-state index contributed by atoms with van der Waals surface area (Å²) in [6, 6.07) is 15.6. The maximum atomic E-state index is 11.9. The van der Waals surface area contributed by atoms with E-state index in [0.29, 0.717) is 11.3 Å². The highest BCUT2D eigenvalue weighted by Crippen LogP contribution is 2.40. The smallest absolute Gasteiger partial charge is 0.336 e. The third-order valence-corrected chi connectivity index (χ3v) is 4.70. The molecule has 3 aromatic rings. The molecule has 11 heteroatoms. The molecule has 1 aromatic heterocycles. The number of aromatic nitrogens is 3. The molecule has 0 fully saturated rings. The van der Waals surface area contributed by atoms with Crippen LogP contribution in [0.3, 0.4) is 0 Å². The molecular formula is C20H11Cl6N3O2. The van der Waals surface area contributed by atoms with Gasteiger partial charge in [-0.3, -0.25) is 0 Å². The molecule has 2 aromatic carbocycles. The van der Waals surface area contributed by atoms with E-state index in [2.05, 4.69) is 15.0 Å². The molecule has 1 heterocycles. The number of para-hydroxylation sites is 1. The molecule has 0 N–H and O–H groups in total. The van der Waals surface area contributed by atoms with Gasteiger partial charge < -0.3 is 4.74 Å². The van der Waals surface area contributed by atoms with Gasteiger partial charge in [-0.15, -0.1) is 0 Å². The Morgan fingerprint density at radius 1 is 0.774 bits per heavy atom. The fraction of sp³-hybridized carbons (Fsp3) is 0.100. The van der Waals surface area contributed by atoms with E-state index in [-0.39, 0.29) is 17.5 Å². The summed E-state index contributed by atoms with van der Waals surface area (Å²) in [6.07, 6.45) is 2.91. The highest BCUT2D eigenvalue weighted by Gasteiger charge is 2.34. The van der Waals surface area contributed by atoms with E-state index in [1.165, 1.54) is 6.08 Å². The molecule has 0 amide bonds. The van der Waals surface area contributed by atoms with Gasteiger partial charge in [0.25, 0.3) is 0 Å². The summed E-state index contributed by atoms with van der Waals surface area (Å²) in [6.45, 7) is 0. The molecule has 5 nitrogen and oxygen atoms in total. The van der Waals surface area contributed by atoms with Crippen molar-refractivity contribution in [1.29, 1.82) is 0 Å². The summed E-state index contributed by atoms with van der Waals surface area (Å²) in [5.74, 6) is -0.270. The molecule has 160 valence electrons. The van der Waals surface area contributed by atoms with Crippen LogP contribution in [0, 0.1) is 0 Å². The van der Waals surface area contributed by atoms with Crippen molar-refractivity contribution in [2.24, 2.45) is 0 Å². The van der Waals surface area contributed by atoms with E-state index in [0.717, 1.165) is 5.56 Å². The Morgan fingerprint density at radius 2 is 1.32 bits per heavy atom. The lowest BCUT2D eigenvalue weighted by atomic mass is 10.1. The van der Waals surface area contributed by atoms with Crippen molar-refractivity contribution < 1.29 is 9.53 Å². The van der Waals surface area contributed by atoms with Crippen LogP contribution >= 0.6 is 69.6 Å². The number of carbonyl (C=O) groups excluding carboxylic acids is 1. The molecule has 0 saturated carbocycles. The Morgan fingerprint density at radius 3 is 1.84 bits per heavy atom. The van der Waals surface area contributed by atoms with Crippen LogP contribution < -0.4 is 4.74 Å². The Hall–Kier alpha value is -1.60. The van der Waals surface area contributed by atoms with Gasteiger partial charge in [0.05, 0.1) is 0 Å². The largest absolute Gasteiger partial charge is 0.423 e. The van der Waals surface area contributed by atoms with Gasteiger partial charge in [0, 0.05) is 11.6 Å². The molecule has 0 radical (unpaired) electrons. The van der Waals surface area contributed by atoms with Gasteiger partial charge >= 0.3 is 5.97 Å². The summed E-state index contributed by atoms with van der Waals surface area (Å²) < 4.78 is 1.31. The number of halogens is 6. The topological polar surface area (TPSA) is 65.0 Å². The first-order valence-corrected chi connectivity index (χ1v) is 10.7. The van der Waals surface area contributed by atoms with Crippen LogP contribution in [0.4, 0.5) is 0 Å². The van der Waals surface area contributed by atoms with Crippen molar-refractivity contribution in [1.82, 2.24) is 15.0 Å². The third-order valence-electron chi connectivity index (χ3n) is 3.68. The molecule has 0 saturated heterocycles. The zero-order valence-corrected chi connectivity index (χ0v) is 19.8. The second-order valence-electron chi connectivity index (χ2n) is 5.99. The van der Waals surface area contributed by atoms with Crippen LogP contribution in [-0.2, 0) is 12.4 Å². The summed E-state index contributed by atoms with van der Waals surface area (Å²) in [4.78, 5) is 24.2. The molecule has 0 aliphatic carbocycles. The summed E-state index contributed by atoms with van der Waals surface area (Å²) in [7, 11) is 0. The predicted octanol–water partition coefficient (Wildman–Crippen LogP) is 6.81. The van der Waals surface area contributed by atoms with Crippen molar-refractivity contribution in [3.05, 3.63) is 77.9 Å². The molecule has 0 bridgehead atoms. The molecule has 0 spiro atoms. The number of esters is 1. The molecule has 0 aliphatic rings. The number of ether oxygens (including phenoxy) is 1. The number of hydrogen-bond acceptors (Lipinski definition) is 5. The standard InChI is InChI=1S/C20H11Cl6N3O2/c21-19(22,23)17-27-16(28-18(29-17)20(24,25)26)13-9-6-12(7-10-13)8-11-15(30)31-14-4-2-1-3-5-14/h1-11H. The number of carbonyl (C=O) groups is 1. The lowest BCUT2D eigenvalue weighted by Gasteiger charge is -2.15. The minimum absolute atomic E-state index is 0.150. The minimum atomic E-state index is -1.94. The predicted molar refractivity (Wildman–Crippen MR) is 125 cm³/mol. The van der Waals surface area contributed by atoms with Gasteiger partial charge in [-0.2, -0.15) is 0 Å². The van der Waals surface area contributed by atoms with Gasteiger partial charge in [0.15, 0.2) is 17.5 Å². The number of benzene rings is 2. The van der Waals surface area contributed by atoms with Crippen molar-refractivity contribution >= 4 is 81.7 Å². The summed E-state index contributed by atoms with van der Waals surface area (Å²) >= 11 is 35.3. The van der Waals surface area contributed by atoms with Crippen molar-refractivity contribution in [2.75, 3.05) is 0 Å².